The van der Waals surface area contributed by atoms with Crippen LogP contribution in [0.1, 0.15) is 0 Å². The van der Waals surface area contributed by atoms with Crippen LogP contribution in [0.3, 0.4) is 0 Å². The maximum absolute atomic E-state index is 5.65. The third kappa shape index (κ3) is 9.79. The summed E-state index contributed by atoms with van der Waals surface area (Å²) in [5.41, 5.74) is 0. The minimum atomic E-state index is -2.34. The molecule has 0 bridgehead atoms. The maximum atomic E-state index is 5.65. The summed E-state index contributed by atoms with van der Waals surface area (Å²) >= 11 is 22.8. The van der Waals surface area contributed by atoms with E-state index >= 15 is 0 Å². The lowest BCUT2D eigenvalue weighted by Gasteiger charge is -2.05. The Morgan fingerprint density at radius 2 is 1.80 bits per heavy atom. The van der Waals surface area contributed by atoms with E-state index < -0.39 is 6.00 Å². The fraction of sp³-hybridized carbons (Fsp3) is 1.00. The molecule has 0 aromatic heterocycles. The van der Waals surface area contributed by atoms with Crippen LogP contribution in [0.4, 0.5) is 0 Å². The van der Waals surface area contributed by atoms with Crippen molar-refractivity contribution in [2.45, 2.75) is 6.04 Å². The molecule has 0 radical (unpaired) electrons. The zero-order valence-electron chi connectivity index (χ0n) is 5.32. The molecule has 0 N–H and O–H groups in total. The molecule has 0 heterocycles. The summed E-state index contributed by atoms with van der Waals surface area (Å²) in [6.45, 7) is 0. The Morgan fingerprint density at radius 3 is 2.20 bits per heavy atom. The number of halogens is 3. The molecule has 0 fully saturated rings. The van der Waals surface area contributed by atoms with Gasteiger partial charge < -0.3 is 0 Å². The SMILES string of the molecule is SCCSCC[Si](Cl)(Cl)Cl. The van der Waals surface area contributed by atoms with Gasteiger partial charge in [0, 0.05) is 5.75 Å². The topological polar surface area (TPSA) is 0 Å². The smallest absolute Gasteiger partial charge is 0.179 e. The second kappa shape index (κ2) is 6.32. The molecule has 62 valence electrons. The lowest BCUT2D eigenvalue weighted by atomic mass is 10.9. The highest BCUT2D eigenvalue weighted by Crippen LogP contribution is 2.26. The number of thiol groups is 1. The van der Waals surface area contributed by atoms with Crippen LogP contribution >= 0.6 is 57.6 Å². The predicted molar refractivity (Wildman–Crippen MR) is 59.3 cm³/mol. The van der Waals surface area contributed by atoms with Crippen LogP contribution in [-0.2, 0) is 0 Å². The first-order valence-electron chi connectivity index (χ1n) is 2.81. The van der Waals surface area contributed by atoms with Gasteiger partial charge in [0.1, 0.15) is 0 Å². The molecule has 10 heavy (non-hydrogen) atoms. The van der Waals surface area contributed by atoms with E-state index in [4.69, 9.17) is 33.2 Å². The molecule has 0 aliphatic heterocycles. The first-order valence-corrected chi connectivity index (χ1v) is 9.84. The van der Waals surface area contributed by atoms with Gasteiger partial charge in [-0.05, 0) is 17.5 Å². The first kappa shape index (κ1) is 11.8. The van der Waals surface area contributed by atoms with Crippen LogP contribution in [0.2, 0.25) is 6.04 Å². The molecular weight excluding hydrogens is 247 g/mol. The van der Waals surface area contributed by atoms with Crippen LogP contribution < -0.4 is 0 Å². The summed E-state index contributed by atoms with van der Waals surface area (Å²) < 4.78 is 0. The monoisotopic (exact) mass is 254 g/mol. The summed E-state index contributed by atoms with van der Waals surface area (Å²) in [5.74, 6) is 2.88. The Balaban J connectivity index is 3.04. The number of hydrogen-bond acceptors (Lipinski definition) is 2. The third-order valence-corrected chi connectivity index (χ3v) is 5.16. The Kier molecular flexibility index (Phi) is 7.45. The van der Waals surface area contributed by atoms with Gasteiger partial charge in [0.2, 0.25) is 0 Å². The second-order valence-corrected chi connectivity index (χ2v) is 12.7. The summed E-state index contributed by atoms with van der Waals surface area (Å²) in [5, 5.41) is 0. The fourth-order valence-corrected chi connectivity index (χ4v) is 4.66. The van der Waals surface area contributed by atoms with E-state index in [0.29, 0.717) is 0 Å². The maximum Gasteiger partial charge on any atom is 0.342 e. The van der Waals surface area contributed by atoms with Crippen molar-refractivity contribution in [3.8, 4) is 0 Å². The van der Waals surface area contributed by atoms with Gasteiger partial charge in [-0.3, -0.25) is 0 Å². The van der Waals surface area contributed by atoms with E-state index in [1.165, 1.54) is 0 Å². The summed E-state index contributed by atoms with van der Waals surface area (Å²) in [6.07, 6.45) is 0. The van der Waals surface area contributed by atoms with Gasteiger partial charge in [0.15, 0.2) is 0 Å². The average molecular weight is 256 g/mol. The zero-order chi connectivity index (χ0) is 8.04. The van der Waals surface area contributed by atoms with Crippen molar-refractivity contribution in [1.29, 1.82) is 0 Å². The fourth-order valence-electron chi connectivity index (χ4n) is 0.355. The second-order valence-electron chi connectivity index (χ2n) is 1.70. The van der Waals surface area contributed by atoms with Crippen molar-refractivity contribution < 1.29 is 0 Å². The van der Waals surface area contributed by atoms with Gasteiger partial charge in [-0.15, -0.1) is 33.2 Å². The quantitative estimate of drug-likeness (QED) is 0.340. The zero-order valence-corrected chi connectivity index (χ0v) is 10.3. The Hall–Kier alpha value is 1.79. The molecule has 0 nitrogen and oxygen atoms in total. The molecule has 0 aliphatic rings. The highest BCUT2D eigenvalue weighted by molar-refractivity contribution is 8.00. The minimum absolute atomic E-state index is 0.746. The molecule has 0 rings (SSSR count). The van der Waals surface area contributed by atoms with Crippen LogP contribution in [-0.4, -0.2) is 23.3 Å². The van der Waals surface area contributed by atoms with E-state index in [-0.39, 0.29) is 0 Å². The standard InChI is InChI=1S/C4H9Cl3S2Si/c5-10(6,7)4-3-9-2-1-8/h8H,1-4H2. The summed E-state index contributed by atoms with van der Waals surface area (Å²) in [7, 11) is 0. The molecule has 0 atom stereocenters. The first-order chi connectivity index (χ1) is 4.56. The van der Waals surface area contributed by atoms with Crippen molar-refractivity contribution in [2.24, 2.45) is 0 Å². The van der Waals surface area contributed by atoms with Gasteiger partial charge in [-0.2, -0.15) is 24.4 Å². The molecule has 0 unspecified atom stereocenters. The molecule has 0 amide bonds. The van der Waals surface area contributed by atoms with Crippen LogP contribution in [0.15, 0.2) is 0 Å². The number of hydrogen-bond donors (Lipinski definition) is 1. The van der Waals surface area contributed by atoms with Gasteiger partial charge >= 0.3 is 6.00 Å². The average Bonchev–Trinajstić information content (AvgIpc) is 1.78. The molecule has 6 heteroatoms. The lowest BCUT2D eigenvalue weighted by molar-refractivity contribution is 1.45. The van der Waals surface area contributed by atoms with Crippen LogP contribution in [0.5, 0.6) is 0 Å². The summed E-state index contributed by atoms with van der Waals surface area (Å²) in [6, 6.07) is -1.59. The van der Waals surface area contributed by atoms with Gasteiger partial charge in [0.25, 0.3) is 0 Å². The highest BCUT2D eigenvalue weighted by atomic mass is 35.8. The van der Waals surface area contributed by atoms with Gasteiger partial charge in [0.05, 0.1) is 0 Å². The number of rotatable bonds is 5. The number of thioether (sulfide) groups is 1. The van der Waals surface area contributed by atoms with Gasteiger partial charge in [-0.25, -0.2) is 0 Å². The molecule has 0 saturated heterocycles. The van der Waals surface area contributed by atoms with E-state index in [1.807, 2.05) is 0 Å². The van der Waals surface area contributed by atoms with E-state index in [0.717, 1.165) is 23.3 Å². The Morgan fingerprint density at radius 1 is 1.20 bits per heavy atom. The molecule has 0 spiro atoms. The van der Waals surface area contributed by atoms with Crippen molar-refractivity contribution in [1.82, 2.24) is 0 Å². The van der Waals surface area contributed by atoms with Crippen molar-refractivity contribution in [2.75, 3.05) is 17.3 Å². The molecule has 0 aliphatic carbocycles. The van der Waals surface area contributed by atoms with Crippen molar-refractivity contribution in [3.05, 3.63) is 0 Å². The minimum Gasteiger partial charge on any atom is -0.179 e. The highest BCUT2D eigenvalue weighted by Gasteiger charge is 2.23. The van der Waals surface area contributed by atoms with Crippen LogP contribution in [0, 0.1) is 0 Å². The van der Waals surface area contributed by atoms with E-state index in [9.17, 15) is 0 Å². The Bertz CT molecular complexity index is 85.1. The normalized spacial score (nSPS) is 12.0. The Labute approximate surface area is 86.5 Å². The molecule has 0 saturated carbocycles. The third-order valence-electron chi connectivity index (χ3n) is 0.765. The predicted octanol–water partition coefficient (Wildman–Crippen LogP) is 3.30. The van der Waals surface area contributed by atoms with Crippen molar-refractivity contribution >= 4 is 63.6 Å². The summed E-state index contributed by atoms with van der Waals surface area (Å²) in [4.78, 5) is 0. The lowest BCUT2D eigenvalue weighted by Crippen LogP contribution is -2.09. The molecular formula is C4H9Cl3S2Si. The van der Waals surface area contributed by atoms with Crippen molar-refractivity contribution in [3.63, 3.8) is 0 Å². The van der Waals surface area contributed by atoms with E-state index in [1.54, 1.807) is 11.8 Å². The molecule has 0 aromatic carbocycles. The molecule has 0 aromatic rings. The largest absolute Gasteiger partial charge is 0.342 e. The van der Waals surface area contributed by atoms with E-state index in [2.05, 4.69) is 12.6 Å². The van der Waals surface area contributed by atoms with Gasteiger partial charge in [-0.1, -0.05) is 0 Å². The van der Waals surface area contributed by atoms with Crippen LogP contribution in [0.25, 0.3) is 0 Å².